The van der Waals surface area contributed by atoms with Gasteiger partial charge < -0.3 is 20.3 Å². The molecule has 0 bridgehead atoms. The van der Waals surface area contributed by atoms with Crippen LogP contribution in [0.2, 0.25) is 0 Å². The van der Waals surface area contributed by atoms with Gasteiger partial charge >= 0.3 is 0 Å². The second-order valence-corrected chi connectivity index (χ2v) is 6.55. The molecule has 2 aliphatic rings. The van der Waals surface area contributed by atoms with E-state index in [9.17, 15) is 10.2 Å². The van der Waals surface area contributed by atoms with Gasteiger partial charge in [0.2, 0.25) is 0 Å². The normalized spacial score (nSPS) is 30.3. The van der Waals surface area contributed by atoms with Gasteiger partial charge in [0.1, 0.15) is 0 Å². The third-order valence-corrected chi connectivity index (χ3v) is 5.16. The molecule has 2 unspecified atom stereocenters. The van der Waals surface area contributed by atoms with Crippen LogP contribution in [0.3, 0.4) is 0 Å². The fraction of sp³-hybridized carbons (Fsp3) is 1.00. The Morgan fingerprint density at radius 1 is 1.21 bits per heavy atom. The number of aliphatic hydroxyl groups is 2. The zero-order chi connectivity index (χ0) is 13.9. The first kappa shape index (κ1) is 15.2. The maximum Gasteiger partial charge on any atom is 0.0661 e. The van der Waals surface area contributed by atoms with Gasteiger partial charge in [-0.2, -0.15) is 0 Å². The van der Waals surface area contributed by atoms with E-state index in [-0.39, 0.29) is 18.6 Å². The highest BCUT2D eigenvalue weighted by atomic mass is 16.5. The topological polar surface area (TPSA) is 61.7 Å². The third-order valence-electron chi connectivity index (χ3n) is 5.16. The highest BCUT2D eigenvalue weighted by molar-refractivity contribution is 5.10. The van der Waals surface area contributed by atoms with Crippen molar-refractivity contribution in [3.8, 4) is 0 Å². The van der Waals surface area contributed by atoms with Crippen LogP contribution in [0.15, 0.2) is 0 Å². The Bertz CT molecular complexity index is 285. The van der Waals surface area contributed by atoms with Crippen molar-refractivity contribution in [2.75, 3.05) is 19.8 Å². The molecule has 1 spiro atoms. The summed E-state index contributed by atoms with van der Waals surface area (Å²) in [5.41, 5.74) is -0.341. The average molecular weight is 271 g/mol. The molecule has 2 aliphatic carbocycles. The van der Waals surface area contributed by atoms with Crippen LogP contribution >= 0.6 is 0 Å². The second kappa shape index (κ2) is 6.08. The zero-order valence-electron chi connectivity index (χ0n) is 12.3. The number of hydrogen-bond donors (Lipinski definition) is 3. The Morgan fingerprint density at radius 2 is 1.84 bits per heavy atom. The van der Waals surface area contributed by atoms with Crippen molar-refractivity contribution in [3.05, 3.63) is 0 Å². The van der Waals surface area contributed by atoms with E-state index in [1.54, 1.807) is 0 Å². The third kappa shape index (κ3) is 2.82. The van der Waals surface area contributed by atoms with E-state index in [0.29, 0.717) is 12.1 Å². The summed E-state index contributed by atoms with van der Waals surface area (Å²) in [6.45, 7) is 4.65. The molecule has 2 rings (SSSR count). The average Bonchev–Trinajstić information content (AvgIpc) is 2.47. The Hall–Kier alpha value is -0.160. The minimum atomic E-state index is -0.577. The Kier molecular flexibility index (Phi) is 4.88. The molecular formula is C15H29NO3. The van der Waals surface area contributed by atoms with Crippen LogP contribution < -0.4 is 5.32 Å². The number of nitrogens with one attached hydrogen (secondary N) is 1. The number of aliphatic hydroxyl groups excluding tert-OH is 2. The van der Waals surface area contributed by atoms with Gasteiger partial charge in [0.15, 0.2) is 0 Å². The van der Waals surface area contributed by atoms with E-state index in [2.05, 4.69) is 12.2 Å². The molecule has 2 fully saturated rings. The molecule has 0 aromatic heterocycles. The lowest BCUT2D eigenvalue weighted by atomic mass is 9.55. The Labute approximate surface area is 116 Å². The largest absolute Gasteiger partial charge is 0.394 e. The van der Waals surface area contributed by atoms with Gasteiger partial charge in [0.05, 0.1) is 24.9 Å². The summed E-state index contributed by atoms with van der Waals surface area (Å²) in [5, 5.41) is 22.4. The van der Waals surface area contributed by atoms with Crippen molar-refractivity contribution in [1.29, 1.82) is 0 Å². The van der Waals surface area contributed by atoms with Gasteiger partial charge in [-0.1, -0.05) is 19.3 Å². The first-order valence-electron chi connectivity index (χ1n) is 7.71. The van der Waals surface area contributed by atoms with Crippen molar-refractivity contribution in [2.24, 2.45) is 5.41 Å². The highest BCUT2D eigenvalue weighted by Gasteiger charge is 2.56. The fourth-order valence-corrected chi connectivity index (χ4v) is 3.83. The lowest BCUT2D eigenvalue weighted by Crippen LogP contribution is -2.69. The van der Waals surface area contributed by atoms with Crippen LogP contribution in [0, 0.1) is 5.41 Å². The van der Waals surface area contributed by atoms with Gasteiger partial charge in [-0.05, 0) is 33.1 Å². The van der Waals surface area contributed by atoms with Gasteiger partial charge in [0.25, 0.3) is 0 Å². The lowest BCUT2D eigenvalue weighted by molar-refractivity contribution is -0.158. The maximum absolute atomic E-state index is 9.46. The molecule has 0 heterocycles. The molecule has 3 N–H and O–H groups in total. The van der Waals surface area contributed by atoms with Gasteiger partial charge in [0, 0.05) is 18.1 Å². The summed E-state index contributed by atoms with van der Waals surface area (Å²) in [6.07, 6.45) is 7.66. The number of ether oxygens (including phenoxy) is 1. The monoisotopic (exact) mass is 271 g/mol. The van der Waals surface area contributed by atoms with Crippen molar-refractivity contribution >= 4 is 0 Å². The molecule has 4 heteroatoms. The Balaban J connectivity index is 2.04. The van der Waals surface area contributed by atoms with Crippen molar-refractivity contribution in [2.45, 2.75) is 70.1 Å². The van der Waals surface area contributed by atoms with Crippen molar-refractivity contribution < 1.29 is 14.9 Å². The summed E-state index contributed by atoms with van der Waals surface area (Å²) in [7, 11) is 0. The summed E-state index contributed by atoms with van der Waals surface area (Å²) < 4.78 is 5.92. The predicted octanol–water partition coefficient (Wildman–Crippen LogP) is 1.45. The van der Waals surface area contributed by atoms with Gasteiger partial charge in [-0.25, -0.2) is 0 Å². The van der Waals surface area contributed by atoms with Crippen LogP contribution in [-0.4, -0.2) is 47.7 Å². The standard InChI is InChI=1S/C15H29NO3/c1-3-19-13-9-12(16-14(2,10-17)11-18)15(13)7-5-4-6-8-15/h12-13,16-18H,3-11H2,1-2H3. The Morgan fingerprint density at radius 3 is 2.37 bits per heavy atom. The van der Waals surface area contributed by atoms with E-state index in [0.717, 1.165) is 13.0 Å². The van der Waals surface area contributed by atoms with Gasteiger partial charge in [-0.15, -0.1) is 0 Å². The van der Waals surface area contributed by atoms with E-state index in [1.807, 2.05) is 6.92 Å². The van der Waals surface area contributed by atoms with Crippen LogP contribution in [0.5, 0.6) is 0 Å². The molecule has 2 saturated carbocycles. The molecule has 0 aliphatic heterocycles. The molecule has 2 atom stereocenters. The molecule has 4 nitrogen and oxygen atoms in total. The van der Waals surface area contributed by atoms with Gasteiger partial charge in [-0.3, -0.25) is 0 Å². The van der Waals surface area contributed by atoms with E-state index in [4.69, 9.17) is 4.74 Å². The van der Waals surface area contributed by atoms with Crippen LogP contribution in [0.1, 0.15) is 52.4 Å². The summed E-state index contributed by atoms with van der Waals surface area (Å²) in [4.78, 5) is 0. The van der Waals surface area contributed by atoms with Crippen LogP contribution in [0.4, 0.5) is 0 Å². The quantitative estimate of drug-likeness (QED) is 0.684. The lowest BCUT2D eigenvalue weighted by Gasteiger charge is -2.59. The molecular weight excluding hydrogens is 242 g/mol. The first-order chi connectivity index (χ1) is 9.10. The van der Waals surface area contributed by atoms with Crippen molar-refractivity contribution in [3.63, 3.8) is 0 Å². The predicted molar refractivity (Wildman–Crippen MR) is 75.0 cm³/mol. The zero-order valence-corrected chi connectivity index (χ0v) is 12.3. The molecule has 0 aromatic carbocycles. The number of hydrogen-bond acceptors (Lipinski definition) is 4. The molecule has 0 saturated heterocycles. The SMILES string of the molecule is CCOC1CC(NC(C)(CO)CO)C12CCCCC2. The van der Waals surface area contributed by atoms with Crippen LogP contribution in [-0.2, 0) is 4.74 Å². The van der Waals surface area contributed by atoms with Crippen LogP contribution in [0.25, 0.3) is 0 Å². The molecule has 0 aromatic rings. The van der Waals surface area contributed by atoms with Crippen molar-refractivity contribution in [1.82, 2.24) is 5.32 Å². The summed E-state index contributed by atoms with van der Waals surface area (Å²) >= 11 is 0. The highest BCUT2D eigenvalue weighted by Crippen LogP contribution is 2.53. The molecule has 19 heavy (non-hydrogen) atoms. The molecule has 0 radical (unpaired) electrons. The minimum absolute atomic E-state index is 0.0324. The minimum Gasteiger partial charge on any atom is -0.394 e. The first-order valence-corrected chi connectivity index (χ1v) is 7.71. The molecule has 112 valence electrons. The summed E-state index contributed by atoms with van der Waals surface area (Å²) in [5.74, 6) is 0. The second-order valence-electron chi connectivity index (χ2n) is 6.55. The smallest absolute Gasteiger partial charge is 0.0661 e. The van der Waals surface area contributed by atoms with E-state index in [1.165, 1.54) is 32.1 Å². The maximum atomic E-state index is 9.46. The fourth-order valence-electron chi connectivity index (χ4n) is 3.83. The molecule has 0 amide bonds. The summed E-state index contributed by atoms with van der Waals surface area (Å²) in [6, 6.07) is 0.369. The van der Waals surface area contributed by atoms with E-state index >= 15 is 0 Å². The number of rotatable bonds is 6. The van der Waals surface area contributed by atoms with E-state index < -0.39 is 5.54 Å².